The predicted molar refractivity (Wildman–Crippen MR) is 140 cm³/mol. The maximum atomic E-state index is 13.5. The number of nitrogens with one attached hydrogen (secondary N) is 2. The highest BCUT2D eigenvalue weighted by Gasteiger charge is 2.34. The molecule has 5 nitrogen and oxygen atoms in total. The Morgan fingerprint density at radius 2 is 1.74 bits per heavy atom. The lowest BCUT2D eigenvalue weighted by molar-refractivity contribution is 0.102. The fraction of sp³-hybridized carbons (Fsp3) is 0.333. The van der Waals surface area contributed by atoms with Crippen LogP contribution in [0.3, 0.4) is 0 Å². The Hall–Kier alpha value is -2.83. The van der Waals surface area contributed by atoms with Gasteiger partial charge in [-0.2, -0.15) is 0 Å². The van der Waals surface area contributed by atoms with Crippen molar-refractivity contribution in [2.45, 2.75) is 40.0 Å². The number of ether oxygens (including phenoxy) is 1. The smallest absolute Gasteiger partial charge is 0.258 e. The monoisotopic (exact) mass is 496 g/mol. The molecule has 7 heteroatoms. The van der Waals surface area contributed by atoms with Crippen LogP contribution in [-0.4, -0.2) is 18.9 Å². The van der Waals surface area contributed by atoms with Crippen LogP contribution < -0.4 is 15.4 Å². The van der Waals surface area contributed by atoms with Gasteiger partial charge in [0.05, 0.1) is 23.3 Å². The molecule has 2 N–H and O–H groups in total. The van der Waals surface area contributed by atoms with Gasteiger partial charge in [-0.3, -0.25) is 9.59 Å². The average molecular weight is 497 g/mol. The number of hydrogen-bond donors (Lipinski definition) is 2. The molecular formula is C27H29ClN2O3S. The highest BCUT2D eigenvalue weighted by Crippen LogP contribution is 2.44. The van der Waals surface area contributed by atoms with Crippen LogP contribution in [0.4, 0.5) is 10.7 Å². The second-order valence-electron chi connectivity index (χ2n) is 9.63. The zero-order valence-electron chi connectivity index (χ0n) is 19.8. The van der Waals surface area contributed by atoms with Crippen LogP contribution in [0.15, 0.2) is 48.5 Å². The van der Waals surface area contributed by atoms with Crippen molar-refractivity contribution < 1.29 is 14.3 Å². The lowest BCUT2D eigenvalue weighted by Crippen LogP contribution is -2.27. The van der Waals surface area contributed by atoms with Gasteiger partial charge in [0, 0.05) is 10.6 Å². The van der Waals surface area contributed by atoms with Gasteiger partial charge in [0.2, 0.25) is 0 Å². The lowest BCUT2D eigenvalue weighted by Gasteiger charge is -2.33. The minimum Gasteiger partial charge on any atom is -0.497 e. The van der Waals surface area contributed by atoms with E-state index >= 15 is 0 Å². The number of thiophene rings is 1. The van der Waals surface area contributed by atoms with Crippen LogP contribution in [0.25, 0.3) is 0 Å². The summed E-state index contributed by atoms with van der Waals surface area (Å²) in [5, 5.41) is 6.90. The van der Waals surface area contributed by atoms with E-state index in [0.29, 0.717) is 38.5 Å². The van der Waals surface area contributed by atoms with E-state index in [1.165, 1.54) is 16.2 Å². The summed E-state index contributed by atoms with van der Waals surface area (Å²) in [7, 11) is 1.60. The fourth-order valence-electron chi connectivity index (χ4n) is 4.34. The SMILES string of the molecule is COc1ccc(NC(=O)c2c(NC(=O)c3ccccc3Cl)sc3c2CCC(C(C)(C)C)C3)cc1. The second kappa shape index (κ2) is 9.80. The summed E-state index contributed by atoms with van der Waals surface area (Å²) in [5.41, 5.74) is 2.80. The normalized spacial score (nSPS) is 15.4. The molecule has 1 unspecified atom stereocenters. The van der Waals surface area contributed by atoms with E-state index in [1.807, 2.05) is 0 Å². The maximum absolute atomic E-state index is 13.5. The Labute approximate surface area is 209 Å². The first-order valence-corrected chi connectivity index (χ1v) is 12.5. The molecule has 1 aromatic heterocycles. The number of fused-ring (bicyclic) bond motifs is 1. The van der Waals surface area contributed by atoms with Gasteiger partial charge in [-0.15, -0.1) is 11.3 Å². The van der Waals surface area contributed by atoms with Crippen molar-refractivity contribution in [2.75, 3.05) is 17.7 Å². The summed E-state index contributed by atoms with van der Waals surface area (Å²) in [6.07, 6.45) is 2.71. The number of halogens is 1. The largest absolute Gasteiger partial charge is 0.497 e. The third kappa shape index (κ3) is 5.13. The molecule has 1 aliphatic rings. The Morgan fingerprint density at radius 1 is 1.03 bits per heavy atom. The molecule has 1 atom stereocenters. The van der Waals surface area contributed by atoms with E-state index in [0.717, 1.165) is 24.8 Å². The van der Waals surface area contributed by atoms with Crippen LogP contribution in [0.5, 0.6) is 5.75 Å². The van der Waals surface area contributed by atoms with Crippen LogP contribution in [0.2, 0.25) is 5.02 Å². The number of hydrogen-bond acceptors (Lipinski definition) is 4. The van der Waals surface area contributed by atoms with E-state index in [-0.39, 0.29) is 17.2 Å². The summed E-state index contributed by atoms with van der Waals surface area (Å²) in [6.45, 7) is 6.77. The number of anilines is 2. The molecule has 0 aliphatic heterocycles. The van der Waals surface area contributed by atoms with Crippen molar-refractivity contribution in [1.29, 1.82) is 0 Å². The van der Waals surface area contributed by atoms with Crippen LogP contribution in [0.1, 0.15) is 58.3 Å². The van der Waals surface area contributed by atoms with Crippen molar-refractivity contribution in [3.8, 4) is 5.75 Å². The van der Waals surface area contributed by atoms with Crippen LogP contribution in [0, 0.1) is 11.3 Å². The van der Waals surface area contributed by atoms with Gasteiger partial charge >= 0.3 is 0 Å². The van der Waals surface area contributed by atoms with Gasteiger partial charge in [-0.05, 0) is 72.6 Å². The molecule has 0 spiro atoms. The number of carbonyl (C=O) groups excluding carboxylic acids is 2. The Balaban J connectivity index is 1.68. The topological polar surface area (TPSA) is 67.4 Å². The van der Waals surface area contributed by atoms with Crippen molar-refractivity contribution in [3.05, 3.63) is 75.1 Å². The zero-order valence-corrected chi connectivity index (χ0v) is 21.4. The molecular weight excluding hydrogens is 468 g/mol. The van der Waals surface area contributed by atoms with E-state index in [9.17, 15) is 9.59 Å². The standard InChI is InChI=1S/C27H29ClN2O3S/c1-27(2,3)16-9-14-20-22(15-16)34-26(30-24(31)19-7-5-6-8-21(19)28)23(20)25(32)29-17-10-12-18(33-4)13-11-17/h5-8,10-13,16H,9,14-15H2,1-4H3,(H,29,32)(H,30,31). The first kappa shape index (κ1) is 24.3. The molecule has 0 fully saturated rings. The molecule has 4 rings (SSSR count). The minimum atomic E-state index is -0.324. The zero-order chi connectivity index (χ0) is 24.5. The summed E-state index contributed by atoms with van der Waals surface area (Å²) in [5.74, 6) is 0.677. The second-order valence-corrected chi connectivity index (χ2v) is 11.1. The van der Waals surface area contributed by atoms with Crippen molar-refractivity contribution in [2.24, 2.45) is 11.3 Å². The molecule has 2 aromatic carbocycles. The summed E-state index contributed by atoms with van der Waals surface area (Å²) >= 11 is 7.74. The Morgan fingerprint density at radius 3 is 2.38 bits per heavy atom. The number of methoxy groups -OCH3 is 1. The van der Waals surface area contributed by atoms with E-state index in [2.05, 4.69) is 31.4 Å². The number of carbonyl (C=O) groups is 2. The quantitative estimate of drug-likeness (QED) is 0.397. The molecule has 3 aromatic rings. The third-order valence-corrected chi connectivity index (χ3v) is 7.91. The maximum Gasteiger partial charge on any atom is 0.258 e. The molecule has 0 saturated carbocycles. The first-order valence-electron chi connectivity index (χ1n) is 11.3. The summed E-state index contributed by atoms with van der Waals surface area (Å²) in [4.78, 5) is 27.7. The van der Waals surface area contributed by atoms with Crippen molar-refractivity contribution >= 4 is 45.4 Å². The van der Waals surface area contributed by atoms with E-state index in [1.54, 1.807) is 55.6 Å². The van der Waals surface area contributed by atoms with Gasteiger partial charge in [0.15, 0.2) is 0 Å². The Kier molecular flexibility index (Phi) is 7.01. The van der Waals surface area contributed by atoms with Gasteiger partial charge in [0.1, 0.15) is 10.8 Å². The first-order chi connectivity index (χ1) is 16.2. The van der Waals surface area contributed by atoms with Crippen molar-refractivity contribution in [3.63, 3.8) is 0 Å². The molecule has 34 heavy (non-hydrogen) atoms. The molecule has 1 aliphatic carbocycles. The highest BCUT2D eigenvalue weighted by atomic mass is 35.5. The minimum absolute atomic E-state index is 0.175. The molecule has 0 saturated heterocycles. The van der Waals surface area contributed by atoms with Gasteiger partial charge in [-0.25, -0.2) is 0 Å². The lowest BCUT2D eigenvalue weighted by atomic mass is 9.72. The molecule has 2 amide bonds. The van der Waals surface area contributed by atoms with Gasteiger partial charge in [0.25, 0.3) is 11.8 Å². The number of amides is 2. The highest BCUT2D eigenvalue weighted by molar-refractivity contribution is 7.17. The van der Waals surface area contributed by atoms with Crippen LogP contribution >= 0.6 is 22.9 Å². The van der Waals surface area contributed by atoms with Gasteiger partial charge < -0.3 is 15.4 Å². The van der Waals surface area contributed by atoms with Crippen LogP contribution in [-0.2, 0) is 12.8 Å². The molecule has 178 valence electrons. The third-order valence-electron chi connectivity index (χ3n) is 6.41. The van der Waals surface area contributed by atoms with E-state index in [4.69, 9.17) is 16.3 Å². The van der Waals surface area contributed by atoms with Crippen molar-refractivity contribution in [1.82, 2.24) is 0 Å². The fourth-order valence-corrected chi connectivity index (χ4v) is 5.88. The molecule has 1 heterocycles. The average Bonchev–Trinajstić information content (AvgIpc) is 3.16. The Bertz CT molecular complexity index is 1210. The predicted octanol–water partition coefficient (Wildman–Crippen LogP) is 7.07. The summed E-state index contributed by atoms with van der Waals surface area (Å²) < 4.78 is 5.20. The van der Waals surface area contributed by atoms with E-state index < -0.39 is 0 Å². The van der Waals surface area contributed by atoms with Gasteiger partial charge in [-0.1, -0.05) is 44.5 Å². The molecule has 0 radical (unpaired) electrons. The summed E-state index contributed by atoms with van der Waals surface area (Å²) in [6, 6.07) is 14.1. The molecule has 0 bridgehead atoms. The number of rotatable bonds is 5. The number of benzene rings is 2.